The molecule has 3 rings (SSSR count). The van der Waals surface area contributed by atoms with Crippen LogP contribution in [-0.2, 0) is 27.5 Å². The molecule has 0 spiro atoms. The largest absolute Gasteiger partial charge is 0.489 e. The molecule has 1 aromatic heterocycles. The number of esters is 1. The monoisotopic (exact) mass is 520 g/mol. The lowest BCUT2D eigenvalue weighted by Crippen LogP contribution is -2.36. The van der Waals surface area contributed by atoms with E-state index in [-0.39, 0.29) is 18.7 Å². The predicted molar refractivity (Wildman–Crippen MR) is 146 cm³/mol. The van der Waals surface area contributed by atoms with Crippen LogP contribution in [-0.4, -0.2) is 46.4 Å². The molecule has 9 nitrogen and oxygen atoms in total. The number of hydrogen-bond donors (Lipinski definition) is 2. The maximum Gasteiger partial charge on any atom is 0.326 e. The molecule has 38 heavy (non-hydrogen) atoms. The number of carbonyl (C=O) groups is 3. The van der Waals surface area contributed by atoms with Gasteiger partial charge in [0.25, 0.3) is 5.91 Å². The average Bonchev–Trinajstić information content (AvgIpc) is 3.18. The first-order chi connectivity index (χ1) is 18.0. The normalized spacial score (nSPS) is 12.0. The van der Waals surface area contributed by atoms with E-state index in [2.05, 4.69) is 22.2 Å². The van der Waals surface area contributed by atoms with Crippen molar-refractivity contribution < 1.29 is 23.9 Å². The molecule has 1 amide bonds. The predicted octanol–water partition coefficient (Wildman–Crippen LogP) is 4.08. The van der Waals surface area contributed by atoms with Crippen molar-refractivity contribution in [1.29, 1.82) is 0 Å². The number of nitrogens with one attached hydrogen (secondary N) is 2. The van der Waals surface area contributed by atoms with Gasteiger partial charge < -0.3 is 29.5 Å². The summed E-state index contributed by atoms with van der Waals surface area (Å²) in [6.45, 7) is 11.2. The van der Waals surface area contributed by atoms with Crippen molar-refractivity contribution in [2.75, 3.05) is 7.05 Å². The molecular formula is C29H36N4O5. The molecule has 202 valence electrons. The number of aromatic nitrogens is 2. The Morgan fingerprint density at radius 1 is 1.18 bits per heavy atom. The molecule has 2 N–H and O–H groups in total. The third-order valence-electron chi connectivity index (χ3n) is 5.81. The maximum absolute atomic E-state index is 13.4. The zero-order valence-corrected chi connectivity index (χ0v) is 22.7. The summed E-state index contributed by atoms with van der Waals surface area (Å²) in [6.07, 6.45) is 1.63. The highest BCUT2D eigenvalue weighted by Crippen LogP contribution is 2.28. The minimum atomic E-state index is -0.707. The third-order valence-corrected chi connectivity index (χ3v) is 5.81. The Kier molecular flexibility index (Phi) is 9.28. The molecule has 0 radical (unpaired) electrons. The number of nitrogens with zero attached hydrogens (tertiary/aromatic N) is 2. The average molecular weight is 521 g/mol. The number of amides is 1. The highest BCUT2D eigenvalue weighted by atomic mass is 16.6. The number of carbonyl (C=O) groups excluding carboxylic acids is 3. The fourth-order valence-electron chi connectivity index (χ4n) is 3.89. The van der Waals surface area contributed by atoms with Crippen LogP contribution in [0.5, 0.6) is 5.75 Å². The second-order valence-electron chi connectivity index (χ2n) is 10.1. The van der Waals surface area contributed by atoms with Gasteiger partial charge in [0.05, 0.1) is 17.1 Å². The minimum absolute atomic E-state index is 0.0775. The third kappa shape index (κ3) is 7.68. The first kappa shape index (κ1) is 28.4. The van der Waals surface area contributed by atoms with Gasteiger partial charge in [-0.3, -0.25) is 9.59 Å². The number of aldehydes is 1. The van der Waals surface area contributed by atoms with Crippen molar-refractivity contribution in [2.24, 2.45) is 0 Å². The van der Waals surface area contributed by atoms with Crippen LogP contribution in [0.15, 0.2) is 54.7 Å². The summed E-state index contributed by atoms with van der Waals surface area (Å²) in [5.74, 6) is 0.0852. The van der Waals surface area contributed by atoms with Gasteiger partial charge in [0.1, 0.15) is 42.1 Å². The van der Waals surface area contributed by atoms with Crippen molar-refractivity contribution in [1.82, 2.24) is 20.2 Å². The van der Waals surface area contributed by atoms with Crippen molar-refractivity contribution in [3.05, 3.63) is 71.7 Å². The van der Waals surface area contributed by atoms with E-state index in [1.165, 1.54) is 0 Å². The maximum atomic E-state index is 13.4. The Morgan fingerprint density at radius 2 is 1.89 bits per heavy atom. The van der Waals surface area contributed by atoms with E-state index in [9.17, 15) is 14.4 Å². The van der Waals surface area contributed by atoms with E-state index < -0.39 is 23.5 Å². The standard InChI is InChI=1S/C29H36N4O5/c1-19(30-6)12-13-22(17-34)32-28(36)24-14-23(37-18-21-10-8-7-9-11-21)15-25-27(24)31-20(2)33(25)16-26(35)38-29(3,4)5/h7-11,14-15,17,22,30H,1,12-13,16,18H2,2-6H3,(H,32,36). The SMILES string of the molecule is C=C(CCC(C=O)NC(=O)c1cc(OCc2ccccc2)cc2c1nc(C)n2CC(=O)OC(C)(C)C)NC. The summed E-state index contributed by atoms with van der Waals surface area (Å²) < 4.78 is 13.2. The summed E-state index contributed by atoms with van der Waals surface area (Å²) >= 11 is 0. The summed E-state index contributed by atoms with van der Waals surface area (Å²) in [7, 11) is 1.75. The smallest absolute Gasteiger partial charge is 0.326 e. The number of ether oxygens (including phenoxy) is 2. The zero-order chi connectivity index (χ0) is 27.9. The molecule has 0 aliphatic carbocycles. The fourth-order valence-corrected chi connectivity index (χ4v) is 3.89. The van der Waals surface area contributed by atoms with Crippen LogP contribution in [0.2, 0.25) is 0 Å². The highest BCUT2D eigenvalue weighted by Gasteiger charge is 2.23. The number of rotatable bonds is 12. The zero-order valence-electron chi connectivity index (χ0n) is 22.7. The van der Waals surface area contributed by atoms with Crippen molar-refractivity contribution >= 4 is 29.2 Å². The van der Waals surface area contributed by atoms with Crippen LogP contribution in [0.3, 0.4) is 0 Å². The molecule has 9 heteroatoms. The number of hydrogen-bond acceptors (Lipinski definition) is 7. The van der Waals surface area contributed by atoms with Gasteiger partial charge in [0, 0.05) is 18.8 Å². The van der Waals surface area contributed by atoms with Gasteiger partial charge in [-0.25, -0.2) is 4.98 Å². The van der Waals surface area contributed by atoms with Gasteiger partial charge in [-0.2, -0.15) is 0 Å². The summed E-state index contributed by atoms with van der Waals surface area (Å²) in [4.78, 5) is 42.3. The van der Waals surface area contributed by atoms with E-state index in [4.69, 9.17) is 9.47 Å². The fraction of sp³-hybridized carbons (Fsp3) is 0.379. The molecular weight excluding hydrogens is 484 g/mol. The van der Waals surface area contributed by atoms with Crippen LogP contribution in [0.25, 0.3) is 11.0 Å². The lowest BCUT2D eigenvalue weighted by molar-refractivity contribution is -0.155. The first-order valence-electron chi connectivity index (χ1n) is 12.5. The Labute approximate surface area is 223 Å². The summed E-state index contributed by atoms with van der Waals surface area (Å²) in [5.41, 5.74) is 2.29. The second kappa shape index (κ2) is 12.4. The molecule has 0 aliphatic rings. The second-order valence-corrected chi connectivity index (χ2v) is 10.1. The van der Waals surface area contributed by atoms with Crippen LogP contribution >= 0.6 is 0 Å². The lowest BCUT2D eigenvalue weighted by Gasteiger charge is -2.20. The molecule has 0 saturated heterocycles. The van der Waals surface area contributed by atoms with Crippen molar-refractivity contribution in [3.8, 4) is 5.75 Å². The Hall–Kier alpha value is -4.14. The summed E-state index contributed by atoms with van der Waals surface area (Å²) in [6, 6.07) is 12.3. The van der Waals surface area contributed by atoms with Crippen LogP contribution < -0.4 is 15.4 Å². The van der Waals surface area contributed by atoms with Crippen LogP contribution in [0.4, 0.5) is 0 Å². The van der Waals surface area contributed by atoms with E-state index in [0.29, 0.717) is 41.7 Å². The van der Waals surface area contributed by atoms with Crippen molar-refractivity contribution in [2.45, 2.75) is 65.3 Å². The van der Waals surface area contributed by atoms with Crippen LogP contribution in [0, 0.1) is 6.92 Å². The van der Waals surface area contributed by atoms with E-state index in [0.717, 1.165) is 11.3 Å². The van der Waals surface area contributed by atoms with Crippen molar-refractivity contribution in [3.63, 3.8) is 0 Å². The molecule has 1 unspecified atom stereocenters. The topological polar surface area (TPSA) is 112 Å². The van der Waals surface area contributed by atoms with E-state index in [1.807, 2.05) is 30.3 Å². The van der Waals surface area contributed by atoms with Gasteiger partial charge in [-0.1, -0.05) is 36.9 Å². The molecule has 3 aromatic rings. The van der Waals surface area contributed by atoms with Gasteiger partial charge in [-0.15, -0.1) is 0 Å². The molecule has 0 aliphatic heterocycles. The van der Waals surface area contributed by atoms with Gasteiger partial charge in [0.2, 0.25) is 0 Å². The molecule has 0 saturated carbocycles. The number of benzene rings is 2. The number of fused-ring (bicyclic) bond motifs is 1. The van der Waals surface area contributed by atoms with Crippen LogP contribution in [0.1, 0.15) is 55.4 Å². The molecule has 0 fully saturated rings. The number of imidazole rings is 1. The number of allylic oxidation sites excluding steroid dienone is 1. The van der Waals surface area contributed by atoms with Gasteiger partial charge >= 0.3 is 5.97 Å². The molecule has 1 atom stereocenters. The number of aryl methyl sites for hydroxylation is 1. The highest BCUT2D eigenvalue weighted by molar-refractivity contribution is 6.06. The summed E-state index contributed by atoms with van der Waals surface area (Å²) in [5, 5.41) is 5.72. The molecule has 0 bridgehead atoms. The molecule has 2 aromatic carbocycles. The molecule has 1 heterocycles. The minimum Gasteiger partial charge on any atom is -0.489 e. The van der Waals surface area contributed by atoms with E-state index in [1.54, 1.807) is 51.4 Å². The van der Waals surface area contributed by atoms with Gasteiger partial charge in [-0.05, 0) is 52.2 Å². The Bertz CT molecular complexity index is 1310. The Morgan fingerprint density at radius 3 is 2.53 bits per heavy atom. The van der Waals surface area contributed by atoms with E-state index >= 15 is 0 Å². The first-order valence-corrected chi connectivity index (χ1v) is 12.5. The quantitative estimate of drug-likeness (QED) is 0.273. The Balaban J connectivity index is 1.97. The van der Waals surface area contributed by atoms with Gasteiger partial charge in [0.15, 0.2) is 0 Å². The lowest BCUT2D eigenvalue weighted by atomic mass is 10.1.